The molecule has 19 aromatic carbocycles. The average Bonchev–Trinajstić information content (AvgIpc) is 0.797. The minimum Gasteiger partial charge on any atom is -0.309 e. The molecule has 23 rings (SSSR count). The van der Waals surface area contributed by atoms with Gasteiger partial charge in [0.25, 0.3) is 0 Å². The molecular weight excluding hydrogens is 1490 g/mol. The zero-order valence-electron chi connectivity index (χ0n) is 66.4. The molecule has 4 heteroatoms. The lowest BCUT2D eigenvalue weighted by Gasteiger charge is -2.47. The second kappa shape index (κ2) is 30.3. The Kier molecular flexibility index (Phi) is 18.2. The van der Waals surface area contributed by atoms with E-state index in [1.807, 2.05) is 0 Å². The molecular formula is C116H83NSi3. The van der Waals surface area contributed by atoms with Crippen LogP contribution in [0, 0.1) is 0 Å². The Morgan fingerprint density at radius 1 is 0.175 bits per heavy atom. The number of aromatic nitrogens is 1. The fraction of sp³-hybridized carbons (Fsp3) is 0.0172. The van der Waals surface area contributed by atoms with Crippen molar-refractivity contribution in [3.8, 4) is 61.3 Å². The Balaban J connectivity index is 0.783. The summed E-state index contributed by atoms with van der Waals surface area (Å²) >= 11 is 0. The quantitative estimate of drug-likeness (QED) is 0.0596. The first-order chi connectivity index (χ1) is 59.6. The number of para-hydroxylation sites is 1. The molecule has 1 nitrogen and oxygen atoms in total. The van der Waals surface area contributed by atoms with E-state index in [0.29, 0.717) is 0 Å². The molecule has 564 valence electrons. The number of benzene rings is 19. The van der Waals surface area contributed by atoms with Crippen LogP contribution in [0.5, 0.6) is 0 Å². The summed E-state index contributed by atoms with van der Waals surface area (Å²) in [6, 6.07) is 188. The Labute approximate surface area is 705 Å². The van der Waals surface area contributed by atoms with E-state index in [4.69, 9.17) is 0 Å². The van der Waals surface area contributed by atoms with Crippen LogP contribution < -0.4 is 62.2 Å². The molecule has 3 aliphatic rings. The molecule has 0 saturated carbocycles. The van der Waals surface area contributed by atoms with Gasteiger partial charge < -0.3 is 4.57 Å². The molecule has 1 aromatic heterocycles. The van der Waals surface area contributed by atoms with Crippen molar-refractivity contribution in [3.05, 3.63) is 525 Å². The maximum atomic E-state index is 2.65. The van der Waals surface area contributed by atoms with Gasteiger partial charge in [-0.05, 0) is 182 Å². The molecule has 0 N–H and O–H groups in total. The van der Waals surface area contributed by atoms with Crippen molar-refractivity contribution < 1.29 is 0 Å². The molecule has 0 fully saturated rings. The number of fused-ring (bicyclic) bond motifs is 3. The second-order valence-corrected chi connectivity index (χ2v) is 43.7. The summed E-state index contributed by atoms with van der Waals surface area (Å²) < 4.78 is 2.65. The molecule has 0 amide bonds. The maximum Gasteiger partial charge on any atom is 0.179 e. The summed E-state index contributed by atoms with van der Waals surface area (Å²) in [4.78, 5) is 0. The summed E-state index contributed by atoms with van der Waals surface area (Å²) in [6.07, 6.45) is 0. The Morgan fingerprint density at radius 3 is 0.950 bits per heavy atom. The maximum absolute atomic E-state index is 3.38. The van der Waals surface area contributed by atoms with E-state index in [0.717, 1.165) is 11.1 Å². The molecule has 2 bridgehead atoms. The smallest absolute Gasteiger partial charge is 0.179 e. The summed E-state index contributed by atoms with van der Waals surface area (Å²) in [5.74, 6) is -0.163. The van der Waals surface area contributed by atoms with E-state index in [-0.39, 0.29) is 11.8 Å². The van der Waals surface area contributed by atoms with Crippen molar-refractivity contribution in [2.45, 2.75) is 11.8 Å². The highest BCUT2D eigenvalue weighted by molar-refractivity contribution is 7.21. The first kappa shape index (κ1) is 72.1. The third-order valence-electron chi connectivity index (χ3n) is 26.2. The fourth-order valence-electron chi connectivity index (χ4n) is 21.3. The van der Waals surface area contributed by atoms with E-state index >= 15 is 0 Å². The lowest BCUT2D eigenvalue weighted by Crippen LogP contribution is -2.75. The van der Waals surface area contributed by atoms with Crippen LogP contribution in [0.15, 0.2) is 491 Å². The topological polar surface area (TPSA) is 4.93 Å². The molecule has 2 atom stereocenters. The summed E-state index contributed by atoms with van der Waals surface area (Å²) in [6.45, 7) is 0. The minimum atomic E-state index is -3.38. The van der Waals surface area contributed by atoms with Crippen LogP contribution in [0.4, 0.5) is 0 Å². The number of hydrogen-bond acceptors (Lipinski definition) is 0. The average molecular weight is 1580 g/mol. The van der Waals surface area contributed by atoms with Crippen molar-refractivity contribution in [2.75, 3.05) is 0 Å². The monoisotopic (exact) mass is 1570 g/mol. The highest BCUT2D eigenvalue weighted by Gasteiger charge is 2.51. The second-order valence-electron chi connectivity index (χ2n) is 32.3. The van der Waals surface area contributed by atoms with Gasteiger partial charge in [-0.2, -0.15) is 0 Å². The summed E-state index contributed by atoms with van der Waals surface area (Å²) in [7, 11) is -9.38. The summed E-state index contributed by atoms with van der Waals surface area (Å²) in [5, 5.41) is 18.6. The molecule has 3 aliphatic carbocycles. The SMILES string of the molecule is c1ccc(-c2cc(-c3ccccc3)cc([Si](c3ccccc3)(c3ccccc3)c3cccc4c3C3c5ccccc5C4c4cccc(-n5c6ccccc6c6cc(-c7c(-c8cccc([Si](c9ccccc9)(c9ccccc9)c9ccccc9)c8)cccc7-c7cccc([Si](c8ccccc8)(c8ccccc8)c8ccccc8)c7)ccc65)c43)c2)cc1. The first-order valence-corrected chi connectivity index (χ1v) is 48.0. The van der Waals surface area contributed by atoms with Gasteiger partial charge in [-0.1, -0.05) is 461 Å². The van der Waals surface area contributed by atoms with Crippen molar-refractivity contribution in [1.82, 2.24) is 4.57 Å². The molecule has 0 aliphatic heterocycles. The number of rotatable bonds is 18. The van der Waals surface area contributed by atoms with Gasteiger partial charge in [0.05, 0.1) is 16.7 Å². The molecule has 1 heterocycles. The number of hydrogen-bond donors (Lipinski definition) is 0. The van der Waals surface area contributed by atoms with Gasteiger partial charge in [0, 0.05) is 22.6 Å². The number of nitrogens with zero attached hydrogens (tertiary/aromatic N) is 1. The summed E-state index contributed by atoms with van der Waals surface area (Å²) in [5.41, 5.74) is 23.7. The van der Waals surface area contributed by atoms with E-state index in [9.17, 15) is 0 Å². The third-order valence-corrected chi connectivity index (χ3v) is 40.5. The van der Waals surface area contributed by atoms with Crippen LogP contribution in [0.3, 0.4) is 0 Å². The molecule has 0 saturated heterocycles. The highest BCUT2D eigenvalue weighted by Crippen LogP contribution is 2.58. The Hall–Kier alpha value is -14.4. The molecule has 20 aromatic rings. The van der Waals surface area contributed by atoms with Crippen molar-refractivity contribution >= 4 is 108 Å². The molecule has 0 radical (unpaired) electrons. The fourth-order valence-corrected chi connectivity index (χ4v) is 36.0. The zero-order valence-corrected chi connectivity index (χ0v) is 69.4. The van der Waals surface area contributed by atoms with Crippen LogP contribution >= 0.6 is 0 Å². The lowest BCUT2D eigenvalue weighted by atomic mass is 9.60. The predicted octanol–water partition coefficient (Wildman–Crippen LogP) is 20.2. The largest absolute Gasteiger partial charge is 0.309 e. The lowest BCUT2D eigenvalue weighted by molar-refractivity contribution is 0.752. The molecule has 2 unspecified atom stereocenters. The standard InChI is InChI=1S/C116H83NSi3/c1-11-40-82(41-12-1)87-76-88(83-42-13-2-14-43-83)80-99(79-87)120(95-58-27-9-28-59-95,96-60-29-10-30-61-96)111-73-39-70-106-113-103-65-31-32-66-104(103)116(115(106)111)114-105(113)69-38-72-110(114)117-108-71-34-33-64-102(108)107-81-86(74-75-109(107)117)112-100(84-44-35-62-97(77-84)118(89-46-15-3-16-47-89,90-48-17-4-18-49-90)91-50-19-5-20-51-91)67-37-68-101(112)85-45-36-63-98(78-85)119(92-52-21-6-22-53-92,93-54-23-7-24-55-93)94-56-25-8-26-57-94/h1-81,113,116H. The minimum absolute atomic E-state index is 0.0293. The van der Waals surface area contributed by atoms with Gasteiger partial charge in [0.2, 0.25) is 0 Å². The van der Waals surface area contributed by atoms with E-state index in [2.05, 4.69) is 496 Å². The van der Waals surface area contributed by atoms with Crippen molar-refractivity contribution in [3.63, 3.8) is 0 Å². The normalized spacial score (nSPS) is 13.5. The Bertz CT molecular complexity index is 6700. The van der Waals surface area contributed by atoms with Gasteiger partial charge in [-0.25, -0.2) is 0 Å². The highest BCUT2D eigenvalue weighted by atomic mass is 28.3. The van der Waals surface area contributed by atoms with E-state index in [1.165, 1.54) is 168 Å². The molecule has 0 spiro atoms. The van der Waals surface area contributed by atoms with Crippen LogP contribution in [0.2, 0.25) is 0 Å². The van der Waals surface area contributed by atoms with Gasteiger partial charge in [0.15, 0.2) is 24.2 Å². The van der Waals surface area contributed by atoms with Gasteiger partial charge in [0.1, 0.15) is 0 Å². The predicted molar refractivity (Wildman–Crippen MR) is 514 cm³/mol. The van der Waals surface area contributed by atoms with E-state index < -0.39 is 24.2 Å². The third kappa shape index (κ3) is 11.6. The first-order valence-electron chi connectivity index (χ1n) is 42.0. The van der Waals surface area contributed by atoms with Crippen LogP contribution in [0.25, 0.3) is 83.1 Å². The van der Waals surface area contributed by atoms with Gasteiger partial charge in [-0.3, -0.25) is 0 Å². The van der Waals surface area contributed by atoms with Gasteiger partial charge >= 0.3 is 0 Å². The van der Waals surface area contributed by atoms with Crippen LogP contribution in [0.1, 0.15) is 45.2 Å². The molecule has 120 heavy (non-hydrogen) atoms. The zero-order chi connectivity index (χ0) is 79.6. The van der Waals surface area contributed by atoms with Gasteiger partial charge in [-0.15, -0.1) is 0 Å². The van der Waals surface area contributed by atoms with E-state index in [1.54, 1.807) is 0 Å². The van der Waals surface area contributed by atoms with Crippen LogP contribution in [-0.4, -0.2) is 28.8 Å². The van der Waals surface area contributed by atoms with Crippen molar-refractivity contribution in [2.24, 2.45) is 0 Å². The Morgan fingerprint density at radius 2 is 0.500 bits per heavy atom. The van der Waals surface area contributed by atoms with Crippen molar-refractivity contribution in [1.29, 1.82) is 0 Å². The van der Waals surface area contributed by atoms with Crippen LogP contribution in [-0.2, 0) is 0 Å².